The number of esters is 1. The van der Waals surface area contributed by atoms with Crippen LogP contribution in [0.15, 0.2) is 16.9 Å². The summed E-state index contributed by atoms with van der Waals surface area (Å²) in [5.41, 5.74) is 2.32. The minimum atomic E-state index is -0.470. The molecule has 0 aromatic carbocycles. The van der Waals surface area contributed by atoms with Gasteiger partial charge in [-0.15, -0.1) is 0 Å². The van der Waals surface area contributed by atoms with Gasteiger partial charge in [0.05, 0.1) is 5.52 Å². The van der Waals surface area contributed by atoms with Crippen LogP contribution in [0.5, 0.6) is 0 Å². The van der Waals surface area contributed by atoms with E-state index in [9.17, 15) is 14.4 Å². The number of rotatable bonds is 5. The summed E-state index contributed by atoms with van der Waals surface area (Å²) in [6.45, 7) is 12.3. The first kappa shape index (κ1) is 24.0. The Hall–Kier alpha value is -2.64. The molecule has 0 saturated heterocycles. The Bertz CT molecular complexity index is 1070. The molecule has 0 aliphatic heterocycles. The van der Waals surface area contributed by atoms with Crippen LogP contribution in [0, 0.1) is 10.8 Å². The zero-order valence-electron chi connectivity index (χ0n) is 20.3. The van der Waals surface area contributed by atoms with Crippen molar-refractivity contribution < 1.29 is 14.3 Å². The highest BCUT2D eigenvalue weighted by atomic mass is 16.5. The molecule has 2 aromatic rings. The lowest BCUT2D eigenvalue weighted by Crippen LogP contribution is -2.49. The SMILES string of the molecule is CC(=O)OCC(=O)NC1CC(c2ccc3c(n2)n(C)c(=O)n3CC(C)(C)C)CCC1(C)C. The zero-order chi connectivity index (χ0) is 23.8. The third-order valence-corrected chi connectivity index (χ3v) is 6.40. The van der Waals surface area contributed by atoms with Gasteiger partial charge in [-0.25, -0.2) is 9.78 Å². The van der Waals surface area contributed by atoms with Gasteiger partial charge in [0.2, 0.25) is 0 Å². The molecule has 1 aliphatic carbocycles. The number of carbonyl (C=O) groups excluding carboxylic acids is 2. The summed E-state index contributed by atoms with van der Waals surface area (Å²) in [7, 11) is 1.77. The Morgan fingerprint density at radius 2 is 1.97 bits per heavy atom. The van der Waals surface area contributed by atoms with Crippen LogP contribution in [0.25, 0.3) is 11.2 Å². The largest absolute Gasteiger partial charge is 0.456 e. The highest BCUT2D eigenvalue weighted by Crippen LogP contribution is 2.42. The van der Waals surface area contributed by atoms with Gasteiger partial charge in [0.25, 0.3) is 5.91 Å². The molecule has 8 nitrogen and oxygen atoms in total. The Kier molecular flexibility index (Phi) is 6.54. The quantitative estimate of drug-likeness (QED) is 0.715. The van der Waals surface area contributed by atoms with Crippen LogP contribution in [-0.4, -0.2) is 38.6 Å². The molecule has 1 N–H and O–H groups in total. The Labute approximate surface area is 189 Å². The summed E-state index contributed by atoms with van der Waals surface area (Å²) in [4.78, 5) is 41.0. The first-order valence-corrected chi connectivity index (χ1v) is 11.3. The summed E-state index contributed by atoms with van der Waals surface area (Å²) in [5, 5.41) is 3.05. The third kappa shape index (κ3) is 5.22. The van der Waals surface area contributed by atoms with E-state index in [2.05, 4.69) is 39.9 Å². The summed E-state index contributed by atoms with van der Waals surface area (Å²) < 4.78 is 8.26. The molecule has 2 heterocycles. The van der Waals surface area contributed by atoms with Gasteiger partial charge in [-0.05, 0) is 42.2 Å². The lowest BCUT2D eigenvalue weighted by atomic mass is 9.68. The maximum Gasteiger partial charge on any atom is 0.330 e. The molecule has 8 heteroatoms. The molecule has 0 bridgehead atoms. The minimum absolute atomic E-state index is 0.0245. The van der Waals surface area contributed by atoms with E-state index in [1.54, 1.807) is 16.2 Å². The minimum Gasteiger partial charge on any atom is -0.456 e. The summed E-state index contributed by atoms with van der Waals surface area (Å²) >= 11 is 0. The molecule has 1 amide bonds. The number of carbonyl (C=O) groups is 2. The number of hydrogen-bond donors (Lipinski definition) is 1. The molecule has 176 valence electrons. The van der Waals surface area contributed by atoms with Crippen molar-refractivity contribution >= 4 is 23.0 Å². The second-order valence-corrected chi connectivity index (χ2v) is 10.9. The molecule has 3 rings (SSSR count). The lowest BCUT2D eigenvalue weighted by molar-refractivity contribution is -0.146. The fraction of sp³-hybridized carbons (Fsp3) is 0.667. The monoisotopic (exact) mass is 444 g/mol. The third-order valence-electron chi connectivity index (χ3n) is 6.40. The molecule has 2 aromatic heterocycles. The highest BCUT2D eigenvalue weighted by molar-refractivity contribution is 5.80. The predicted octanol–water partition coefficient (Wildman–Crippen LogP) is 3.12. The predicted molar refractivity (Wildman–Crippen MR) is 123 cm³/mol. The topological polar surface area (TPSA) is 95.2 Å². The maximum absolute atomic E-state index is 12.8. The Balaban J connectivity index is 1.85. The molecular formula is C24H36N4O4. The van der Waals surface area contributed by atoms with Gasteiger partial charge in [0, 0.05) is 38.2 Å². The second-order valence-electron chi connectivity index (χ2n) is 10.9. The average Bonchev–Trinajstić information content (AvgIpc) is 2.91. The van der Waals surface area contributed by atoms with Gasteiger partial charge in [-0.1, -0.05) is 34.6 Å². The average molecular weight is 445 g/mol. The second kappa shape index (κ2) is 8.71. The van der Waals surface area contributed by atoms with Crippen LogP contribution in [0.2, 0.25) is 0 Å². The number of aryl methyl sites for hydroxylation is 1. The number of aromatic nitrogens is 3. The molecular weight excluding hydrogens is 408 g/mol. The summed E-state index contributed by atoms with van der Waals surface area (Å²) in [5.74, 6) is -0.584. The molecule has 32 heavy (non-hydrogen) atoms. The van der Waals surface area contributed by atoms with Crippen molar-refractivity contribution in [1.29, 1.82) is 0 Å². The number of hydrogen-bond acceptors (Lipinski definition) is 5. The van der Waals surface area contributed by atoms with Gasteiger partial charge in [0.1, 0.15) is 0 Å². The number of pyridine rings is 1. The molecule has 0 radical (unpaired) electrons. The summed E-state index contributed by atoms with van der Waals surface area (Å²) in [6.07, 6.45) is 2.63. The Morgan fingerprint density at radius 3 is 2.59 bits per heavy atom. The van der Waals surface area contributed by atoms with Crippen molar-refractivity contribution in [3.8, 4) is 0 Å². The smallest absolute Gasteiger partial charge is 0.330 e. The van der Waals surface area contributed by atoms with Crippen molar-refractivity contribution in [1.82, 2.24) is 19.4 Å². The van der Waals surface area contributed by atoms with Crippen molar-refractivity contribution in [3.05, 3.63) is 28.3 Å². The lowest BCUT2D eigenvalue weighted by Gasteiger charge is -2.42. The molecule has 1 saturated carbocycles. The normalized spacial score (nSPS) is 20.8. The highest BCUT2D eigenvalue weighted by Gasteiger charge is 2.38. The van der Waals surface area contributed by atoms with E-state index in [0.717, 1.165) is 30.5 Å². The van der Waals surface area contributed by atoms with Gasteiger partial charge < -0.3 is 10.1 Å². The van der Waals surface area contributed by atoms with E-state index in [0.29, 0.717) is 12.2 Å². The number of imidazole rings is 1. The van der Waals surface area contributed by atoms with Crippen LogP contribution in [0.3, 0.4) is 0 Å². The standard InChI is InChI=1S/C24H36N4O4/c1-15(29)32-13-20(30)26-19-12-16(10-11-24(19,5)6)17-8-9-18-21(25-17)27(7)22(31)28(18)14-23(2,3)4/h8-9,16,19H,10-14H2,1-7H3,(H,26,30). The van der Waals surface area contributed by atoms with Crippen molar-refractivity contribution in [2.75, 3.05) is 6.61 Å². The van der Waals surface area contributed by atoms with Crippen molar-refractivity contribution in [2.24, 2.45) is 17.9 Å². The fourth-order valence-electron chi connectivity index (χ4n) is 4.51. The number of nitrogens with one attached hydrogen (secondary N) is 1. The van der Waals surface area contributed by atoms with E-state index in [1.165, 1.54) is 6.92 Å². The van der Waals surface area contributed by atoms with Crippen LogP contribution in [0.1, 0.15) is 72.4 Å². The van der Waals surface area contributed by atoms with Crippen LogP contribution in [-0.2, 0) is 27.9 Å². The van der Waals surface area contributed by atoms with Gasteiger partial charge in [-0.3, -0.25) is 18.7 Å². The number of fused-ring (bicyclic) bond motifs is 1. The van der Waals surface area contributed by atoms with Crippen LogP contribution < -0.4 is 11.0 Å². The van der Waals surface area contributed by atoms with E-state index in [4.69, 9.17) is 9.72 Å². The molecule has 1 fully saturated rings. The van der Waals surface area contributed by atoms with Gasteiger partial charge in [-0.2, -0.15) is 0 Å². The first-order chi connectivity index (χ1) is 14.8. The fourth-order valence-corrected chi connectivity index (χ4v) is 4.51. The number of ether oxygens (including phenoxy) is 1. The summed E-state index contributed by atoms with van der Waals surface area (Å²) in [6, 6.07) is 3.96. The van der Waals surface area contributed by atoms with E-state index in [-0.39, 0.29) is 41.0 Å². The number of amides is 1. The van der Waals surface area contributed by atoms with E-state index < -0.39 is 5.97 Å². The van der Waals surface area contributed by atoms with Gasteiger partial charge in [0.15, 0.2) is 12.3 Å². The molecule has 2 unspecified atom stereocenters. The first-order valence-electron chi connectivity index (χ1n) is 11.3. The van der Waals surface area contributed by atoms with Crippen LogP contribution >= 0.6 is 0 Å². The van der Waals surface area contributed by atoms with Crippen LogP contribution in [0.4, 0.5) is 0 Å². The molecule has 0 spiro atoms. The van der Waals surface area contributed by atoms with E-state index >= 15 is 0 Å². The number of nitrogens with zero attached hydrogens (tertiary/aromatic N) is 3. The maximum atomic E-state index is 12.8. The van der Waals surface area contributed by atoms with Crippen molar-refractivity contribution in [3.63, 3.8) is 0 Å². The van der Waals surface area contributed by atoms with Crippen molar-refractivity contribution in [2.45, 2.75) is 79.3 Å². The molecule has 2 atom stereocenters. The molecule has 1 aliphatic rings. The zero-order valence-corrected chi connectivity index (χ0v) is 20.3. The Morgan fingerprint density at radius 1 is 1.28 bits per heavy atom. The van der Waals surface area contributed by atoms with Gasteiger partial charge >= 0.3 is 11.7 Å². The van der Waals surface area contributed by atoms with E-state index in [1.807, 2.05) is 12.1 Å².